The number of nitrogens with one attached hydrogen (secondary N) is 2. The van der Waals surface area contributed by atoms with E-state index in [9.17, 15) is 9.59 Å². The Balaban J connectivity index is 1.57. The highest BCUT2D eigenvalue weighted by molar-refractivity contribution is 7.16. The molecule has 7 heteroatoms. The molecule has 0 spiro atoms. The molecular weight excluding hydrogens is 330 g/mol. The molecule has 23 heavy (non-hydrogen) atoms. The monoisotopic (exact) mass is 345 g/mol. The predicted molar refractivity (Wildman–Crippen MR) is 93.3 cm³/mol. The van der Waals surface area contributed by atoms with Gasteiger partial charge in [-0.2, -0.15) is 0 Å². The van der Waals surface area contributed by atoms with Crippen LogP contribution < -0.4 is 10.9 Å². The molecule has 0 aliphatic heterocycles. The predicted octanol–water partition coefficient (Wildman–Crippen LogP) is 2.84. The first kappa shape index (κ1) is 15.6. The topological polar surface area (TPSA) is 74.8 Å². The fourth-order valence-electron chi connectivity index (χ4n) is 2.12. The number of thiophene rings is 1. The molecule has 3 rings (SSSR count). The zero-order valence-electron chi connectivity index (χ0n) is 12.5. The summed E-state index contributed by atoms with van der Waals surface area (Å²) in [5.74, 6) is -0.348. The highest BCUT2D eigenvalue weighted by Crippen LogP contribution is 2.29. The molecule has 0 unspecified atom stereocenters. The quantitative estimate of drug-likeness (QED) is 0.747. The molecule has 0 saturated carbocycles. The number of aromatic nitrogens is 2. The maximum Gasteiger partial charge on any atom is 0.260 e. The van der Waals surface area contributed by atoms with Crippen LogP contribution in [0, 0.1) is 6.92 Å². The molecule has 2 N–H and O–H groups in total. The van der Waals surface area contributed by atoms with Gasteiger partial charge in [-0.05, 0) is 37.6 Å². The van der Waals surface area contributed by atoms with E-state index >= 15 is 0 Å². The van der Waals surface area contributed by atoms with Crippen LogP contribution in [0.15, 0.2) is 40.6 Å². The summed E-state index contributed by atoms with van der Waals surface area (Å²) in [6, 6.07) is 7.26. The maximum absolute atomic E-state index is 11.9. The van der Waals surface area contributed by atoms with Crippen LogP contribution in [-0.2, 0) is 6.42 Å². The number of nitrogens with zero attached hydrogens (tertiary/aromatic N) is 1. The van der Waals surface area contributed by atoms with Crippen LogP contribution in [-0.4, -0.2) is 22.4 Å². The number of hydrogen-bond donors (Lipinski definition) is 2. The van der Waals surface area contributed by atoms with Crippen LogP contribution in [0.3, 0.4) is 0 Å². The summed E-state index contributed by atoms with van der Waals surface area (Å²) in [7, 11) is 0. The van der Waals surface area contributed by atoms with Gasteiger partial charge in [0.1, 0.15) is 5.56 Å². The van der Waals surface area contributed by atoms with Crippen molar-refractivity contribution in [2.45, 2.75) is 13.3 Å². The lowest BCUT2D eigenvalue weighted by Gasteiger charge is -2.03. The van der Waals surface area contributed by atoms with Crippen LogP contribution in [0.2, 0.25) is 0 Å². The van der Waals surface area contributed by atoms with Gasteiger partial charge in [0.05, 0.1) is 15.6 Å². The van der Waals surface area contributed by atoms with Crippen LogP contribution in [0.25, 0.3) is 10.6 Å². The molecule has 0 atom stereocenters. The van der Waals surface area contributed by atoms with Crippen molar-refractivity contribution in [1.29, 1.82) is 0 Å². The summed E-state index contributed by atoms with van der Waals surface area (Å²) in [5, 5.41) is 5.88. The second kappa shape index (κ2) is 6.89. The molecule has 5 nitrogen and oxygen atoms in total. The summed E-state index contributed by atoms with van der Waals surface area (Å²) in [6.07, 6.45) is 2.23. The van der Waals surface area contributed by atoms with E-state index in [1.807, 2.05) is 6.92 Å². The van der Waals surface area contributed by atoms with E-state index in [4.69, 9.17) is 0 Å². The molecule has 3 heterocycles. The van der Waals surface area contributed by atoms with Gasteiger partial charge in [-0.25, -0.2) is 4.98 Å². The fraction of sp³-hybridized carbons (Fsp3) is 0.188. The van der Waals surface area contributed by atoms with Gasteiger partial charge in [0.2, 0.25) is 0 Å². The first-order chi connectivity index (χ1) is 11.1. The molecule has 0 aromatic carbocycles. The SMILES string of the molecule is Cc1nc(-c2ccc(CCNC(=O)c3ccc[nH]c3=O)s2)cs1. The van der Waals surface area contributed by atoms with Crippen LogP contribution in [0.4, 0.5) is 0 Å². The normalized spacial score (nSPS) is 10.7. The molecular formula is C16H15N3O2S2. The molecule has 0 radical (unpaired) electrons. The van der Waals surface area contributed by atoms with Crippen molar-refractivity contribution in [2.24, 2.45) is 0 Å². The highest BCUT2D eigenvalue weighted by Gasteiger charge is 2.10. The van der Waals surface area contributed by atoms with Gasteiger partial charge in [-0.15, -0.1) is 22.7 Å². The van der Waals surface area contributed by atoms with Gasteiger partial charge in [-0.1, -0.05) is 0 Å². The number of rotatable bonds is 5. The largest absolute Gasteiger partial charge is 0.352 e. The number of aromatic amines is 1. The second-order valence-corrected chi connectivity index (χ2v) is 7.17. The smallest absolute Gasteiger partial charge is 0.260 e. The number of carbonyl (C=O) groups is 1. The van der Waals surface area contributed by atoms with Gasteiger partial charge < -0.3 is 10.3 Å². The van der Waals surface area contributed by atoms with E-state index in [2.05, 4.69) is 32.8 Å². The lowest BCUT2D eigenvalue weighted by Crippen LogP contribution is -2.30. The Hall–Kier alpha value is -2.25. The standard InChI is InChI=1S/C16H15N3O2S2/c1-10-19-13(9-22-10)14-5-4-11(23-14)6-8-18-16(21)12-3-2-7-17-15(12)20/h2-5,7,9H,6,8H2,1H3,(H,17,20)(H,18,21). The lowest BCUT2D eigenvalue weighted by atomic mass is 10.2. The van der Waals surface area contributed by atoms with Crippen molar-refractivity contribution in [2.75, 3.05) is 6.54 Å². The van der Waals surface area contributed by atoms with E-state index in [1.54, 1.807) is 28.7 Å². The Kier molecular flexibility index (Phi) is 4.68. The molecule has 1 amide bonds. The number of carbonyl (C=O) groups excluding carboxylic acids is 1. The zero-order valence-corrected chi connectivity index (χ0v) is 14.1. The van der Waals surface area contributed by atoms with Crippen LogP contribution >= 0.6 is 22.7 Å². The Bertz CT molecular complexity index is 879. The average molecular weight is 345 g/mol. The summed E-state index contributed by atoms with van der Waals surface area (Å²) in [4.78, 5) is 32.8. The summed E-state index contributed by atoms with van der Waals surface area (Å²) < 4.78 is 0. The number of aryl methyl sites for hydroxylation is 1. The molecule has 118 valence electrons. The third kappa shape index (κ3) is 3.75. The Morgan fingerprint density at radius 1 is 1.35 bits per heavy atom. The lowest BCUT2D eigenvalue weighted by molar-refractivity contribution is 0.0952. The molecule has 3 aromatic heterocycles. The molecule has 3 aromatic rings. The molecule has 0 bridgehead atoms. The number of H-pyrrole nitrogens is 1. The third-order valence-electron chi connectivity index (χ3n) is 3.25. The number of amides is 1. The molecule has 0 fully saturated rings. The molecule has 0 aliphatic rings. The van der Waals surface area contributed by atoms with E-state index < -0.39 is 0 Å². The average Bonchev–Trinajstić information content (AvgIpc) is 3.16. The van der Waals surface area contributed by atoms with Crippen molar-refractivity contribution in [3.05, 3.63) is 61.6 Å². The number of hydrogen-bond acceptors (Lipinski definition) is 5. The second-order valence-electron chi connectivity index (χ2n) is 4.94. The van der Waals surface area contributed by atoms with Crippen molar-refractivity contribution < 1.29 is 4.79 Å². The minimum absolute atomic E-state index is 0.136. The van der Waals surface area contributed by atoms with Crippen molar-refractivity contribution >= 4 is 28.6 Å². The number of pyridine rings is 1. The van der Waals surface area contributed by atoms with E-state index in [0.29, 0.717) is 6.54 Å². The Morgan fingerprint density at radius 2 is 2.22 bits per heavy atom. The van der Waals surface area contributed by atoms with Gasteiger partial charge in [0, 0.05) is 23.0 Å². The minimum Gasteiger partial charge on any atom is -0.352 e. The van der Waals surface area contributed by atoms with E-state index in [0.717, 1.165) is 22.0 Å². The Morgan fingerprint density at radius 3 is 2.96 bits per heavy atom. The maximum atomic E-state index is 11.9. The fourth-order valence-corrected chi connectivity index (χ4v) is 3.78. The van der Waals surface area contributed by atoms with Crippen LogP contribution in [0.1, 0.15) is 20.2 Å². The molecule has 0 saturated heterocycles. The van der Waals surface area contributed by atoms with Gasteiger partial charge >= 0.3 is 0 Å². The summed E-state index contributed by atoms with van der Waals surface area (Å²) >= 11 is 3.31. The molecule has 0 aliphatic carbocycles. The first-order valence-corrected chi connectivity index (χ1v) is 8.80. The minimum atomic E-state index is -0.373. The highest BCUT2D eigenvalue weighted by atomic mass is 32.1. The first-order valence-electron chi connectivity index (χ1n) is 7.10. The number of thiazole rings is 1. The van der Waals surface area contributed by atoms with Gasteiger partial charge in [0.15, 0.2) is 0 Å². The third-order valence-corrected chi connectivity index (χ3v) is 5.19. The van der Waals surface area contributed by atoms with Crippen LogP contribution in [0.5, 0.6) is 0 Å². The van der Waals surface area contributed by atoms with E-state index in [-0.39, 0.29) is 17.0 Å². The van der Waals surface area contributed by atoms with Gasteiger partial charge in [-0.3, -0.25) is 9.59 Å². The summed E-state index contributed by atoms with van der Waals surface area (Å²) in [6.45, 7) is 2.48. The van der Waals surface area contributed by atoms with Crippen molar-refractivity contribution in [3.8, 4) is 10.6 Å². The van der Waals surface area contributed by atoms with Gasteiger partial charge in [0.25, 0.3) is 11.5 Å². The van der Waals surface area contributed by atoms with Crippen molar-refractivity contribution in [1.82, 2.24) is 15.3 Å². The van der Waals surface area contributed by atoms with Crippen molar-refractivity contribution in [3.63, 3.8) is 0 Å². The Labute approximate surface area is 141 Å². The van der Waals surface area contributed by atoms with E-state index in [1.165, 1.54) is 17.1 Å². The zero-order chi connectivity index (χ0) is 16.2. The summed E-state index contributed by atoms with van der Waals surface area (Å²) in [5.41, 5.74) is 0.767.